The predicted octanol–water partition coefficient (Wildman–Crippen LogP) is 3.71. The van der Waals surface area contributed by atoms with Crippen molar-refractivity contribution < 1.29 is 0 Å². The van der Waals surface area contributed by atoms with Crippen molar-refractivity contribution in [1.82, 2.24) is 14.9 Å². The first-order chi connectivity index (χ1) is 10.3. The minimum Gasteiger partial charge on any atom is -0.341 e. The van der Waals surface area contributed by atoms with Crippen molar-refractivity contribution in [3.8, 4) is 11.4 Å². The van der Waals surface area contributed by atoms with Gasteiger partial charge in [-0.3, -0.25) is 4.90 Å². The third-order valence-electron chi connectivity index (χ3n) is 3.41. The molecule has 1 heterocycles. The average Bonchev–Trinajstić information content (AvgIpc) is 2.97. The second kappa shape index (κ2) is 6.37. The lowest BCUT2D eigenvalue weighted by molar-refractivity contribution is 0.315. The molecule has 3 heteroatoms. The van der Waals surface area contributed by atoms with Crippen LogP contribution in [0.4, 0.5) is 0 Å². The van der Waals surface area contributed by atoms with Crippen LogP contribution in [-0.2, 0) is 13.1 Å². The SMILES string of the molecule is CN(Cc1ccccc1)Cc1cnc(-c2ccccc2)[nH]1. The largest absolute Gasteiger partial charge is 0.341 e. The van der Waals surface area contributed by atoms with Gasteiger partial charge in [0.05, 0.1) is 0 Å². The molecule has 3 rings (SSSR count). The van der Waals surface area contributed by atoms with Crippen LogP contribution in [0.15, 0.2) is 66.9 Å². The second-order valence-electron chi connectivity index (χ2n) is 5.28. The van der Waals surface area contributed by atoms with E-state index in [4.69, 9.17) is 0 Å². The van der Waals surface area contributed by atoms with Crippen molar-refractivity contribution in [2.24, 2.45) is 0 Å². The number of H-pyrrole nitrogens is 1. The van der Waals surface area contributed by atoms with E-state index in [0.717, 1.165) is 30.2 Å². The first-order valence-corrected chi connectivity index (χ1v) is 7.13. The van der Waals surface area contributed by atoms with Gasteiger partial charge < -0.3 is 4.98 Å². The summed E-state index contributed by atoms with van der Waals surface area (Å²) in [6.07, 6.45) is 1.92. The lowest BCUT2D eigenvalue weighted by Crippen LogP contribution is -2.17. The van der Waals surface area contributed by atoms with E-state index < -0.39 is 0 Å². The zero-order chi connectivity index (χ0) is 14.5. The molecule has 3 aromatic rings. The van der Waals surface area contributed by atoms with Crippen molar-refractivity contribution in [2.75, 3.05) is 7.05 Å². The number of benzene rings is 2. The van der Waals surface area contributed by atoms with Gasteiger partial charge in [-0.2, -0.15) is 0 Å². The van der Waals surface area contributed by atoms with E-state index in [1.807, 2.05) is 30.5 Å². The molecule has 0 aliphatic rings. The van der Waals surface area contributed by atoms with Crippen LogP contribution in [0.5, 0.6) is 0 Å². The van der Waals surface area contributed by atoms with Gasteiger partial charge >= 0.3 is 0 Å². The average molecular weight is 277 g/mol. The summed E-state index contributed by atoms with van der Waals surface area (Å²) in [7, 11) is 2.12. The highest BCUT2D eigenvalue weighted by atomic mass is 15.1. The van der Waals surface area contributed by atoms with Crippen LogP contribution in [0.25, 0.3) is 11.4 Å². The highest BCUT2D eigenvalue weighted by molar-refractivity contribution is 5.54. The van der Waals surface area contributed by atoms with Gasteiger partial charge in [0.2, 0.25) is 0 Å². The minimum absolute atomic E-state index is 0.856. The Morgan fingerprint density at radius 3 is 2.29 bits per heavy atom. The Balaban J connectivity index is 1.65. The molecule has 0 aliphatic carbocycles. The Bertz CT molecular complexity index is 674. The molecule has 0 atom stereocenters. The Kier molecular flexibility index (Phi) is 4.12. The van der Waals surface area contributed by atoms with Gasteiger partial charge in [0.25, 0.3) is 0 Å². The molecule has 0 unspecified atom stereocenters. The molecule has 0 radical (unpaired) electrons. The molecule has 0 fully saturated rings. The number of hydrogen-bond donors (Lipinski definition) is 1. The zero-order valence-electron chi connectivity index (χ0n) is 12.2. The molecule has 1 aromatic heterocycles. The summed E-state index contributed by atoms with van der Waals surface area (Å²) < 4.78 is 0. The van der Waals surface area contributed by atoms with Gasteiger partial charge in [-0.25, -0.2) is 4.98 Å². The smallest absolute Gasteiger partial charge is 0.137 e. The summed E-state index contributed by atoms with van der Waals surface area (Å²) in [5.74, 6) is 0.929. The van der Waals surface area contributed by atoms with Gasteiger partial charge in [0.15, 0.2) is 0 Å². The highest BCUT2D eigenvalue weighted by Gasteiger charge is 2.06. The van der Waals surface area contributed by atoms with Crippen LogP contribution in [0.3, 0.4) is 0 Å². The second-order valence-corrected chi connectivity index (χ2v) is 5.28. The Labute approximate surface area is 125 Å². The van der Waals surface area contributed by atoms with E-state index in [1.165, 1.54) is 5.56 Å². The summed E-state index contributed by atoms with van der Waals surface area (Å²) in [5.41, 5.74) is 3.57. The van der Waals surface area contributed by atoms with Crippen LogP contribution in [0, 0.1) is 0 Å². The van der Waals surface area contributed by atoms with E-state index in [-0.39, 0.29) is 0 Å². The molecule has 0 spiro atoms. The summed E-state index contributed by atoms with van der Waals surface area (Å²) in [5, 5.41) is 0. The lowest BCUT2D eigenvalue weighted by atomic mass is 10.2. The number of aromatic amines is 1. The first kappa shape index (κ1) is 13.6. The van der Waals surface area contributed by atoms with Crippen molar-refractivity contribution in [3.05, 3.63) is 78.1 Å². The van der Waals surface area contributed by atoms with E-state index in [0.29, 0.717) is 0 Å². The van der Waals surface area contributed by atoms with E-state index in [1.54, 1.807) is 0 Å². The number of aromatic nitrogens is 2. The van der Waals surface area contributed by atoms with Crippen molar-refractivity contribution in [1.29, 1.82) is 0 Å². The quantitative estimate of drug-likeness (QED) is 0.771. The minimum atomic E-state index is 0.856. The van der Waals surface area contributed by atoms with Crippen LogP contribution >= 0.6 is 0 Å². The summed E-state index contributed by atoms with van der Waals surface area (Å²) in [4.78, 5) is 10.1. The molecular formula is C18H19N3. The third-order valence-corrected chi connectivity index (χ3v) is 3.41. The molecule has 0 saturated heterocycles. The van der Waals surface area contributed by atoms with Crippen molar-refractivity contribution in [2.45, 2.75) is 13.1 Å². The fraction of sp³-hybridized carbons (Fsp3) is 0.167. The maximum Gasteiger partial charge on any atom is 0.137 e. The lowest BCUT2D eigenvalue weighted by Gasteiger charge is -2.15. The number of nitrogens with zero attached hydrogens (tertiary/aromatic N) is 2. The van der Waals surface area contributed by atoms with Crippen LogP contribution in [0.2, 0.25) is 0 Å². The molecule has 0 aliphatic heterocycles. The first-order valence-electron chi connectivity index (χ1n) is 7.13. The number of hydrogen-bond acceptors (Lipinski definition) is 2. The molecule has 0 amide bonds. The number of nitrogens with one attached hydrogen (secondary N) is 1. The topological polar surface area (TPSA) is 31.9 Å². The van der Waals surface area contributed by atoms with E-state index in [9.17, 15) is 0 Å². The van der Waals surface area contributed by atoms with Gasteiger partial charge in [0.1, 0.15) is 5.82 Å². The molecule has 0 bridgehead atoms. The molecule has 1 N–H and O–H groups in total. The van der Waals surface area contributed by atoms with Gasteiger partial charge in [-0.15, -0.1) is 0 Å². The van der Waals surface area contributed by atoms with Gasteiger partial charge in [-0.05, 0) is 12.6 Å². The predicted molar refractivity (Wildman–Crippen MR) is 85.6 cm³/mol. The molecule has 106 valence electrons. The van der Waals surface area contributed by atoms with Gasteiger partial charge in [0, 0.05) is 30.5 Å². The monoisotopic (exact) mass is 277 g/mol. The molecule has 21 heavy (non-hydrogen) atoms. The maximum absolute atomic E-state index is 4.46. The van der Waals surface area contributed by atoms with Crippen LogP contribution in [0.1, 0.15) is 11.3 Å². The normalized spacial score (nSPS) is 11.0. The number of rotatable bonds is 5. The van der Waals surface area contributed by atoms with E-state index >= 15 is 0 Å². The summed E-state index contributed by atoms with van der Waals surface area (Å²) in [6.45, 7) is 1.79. The van der Waals surface area contributed by atoms with Crippen LogP contribution < -0.4 is 0 Å². The Morgan fingerprint density at radius 2 is 1.57 bits per heavy atom. The number of imidazole rings is 1. The highest BCUT2D eigenvalue weighted by Crippen LogP contribution is 2.15. The fourth-order valence-corrected chi connectivity index (χ4v) is 2.42. The van der Waals surface area contributed by atoms with E-state index in [2.05, 4.69) is 58.3 Å². The zero-order valence-corrected chi connectivity index (χ0v) is 12.2. The summed E-state index contributed by atoms with van der Waals surface area (Å²) >= 11 is 0. The van der Waals surface area contributed by atoms with Gasteiger partial charge in [-0.1, -0.05) is 60.7 Å². The fourth-order valence-electron chi connectivity index (χ4n) is 2.42. The third kappa shape index (κ3) is 3.58. The molecule has 0 saturated carbocycles. The Morgan fingerprint density at radius 1 is 0.905 bits per heavy atom. The maximum atomic E-state index is 4.46. The molecule has 2 aromatic carbocycles. The standard InChI is InChI=1S/C18H19N3/c1-21(13-15-8-4-2-5-9-15)14-17-12-19-18(20-17)16-10-6-3-7-11-16/h2-12H,13-14H2,1H3,(H,19,20). The summed E-state index contributed by atoms with van der Waals surface area (Å²) in [6, 6.07) is 20.7. The van der Waals surface area contributed by atoms with Crippen molar-refractivity contribution in [3.63, 3.8) is 0 Å². The molecular weight excluding hydrogens is 258 g/mol. The molecule has 3 nitrogen and oxygen atoms in total. The Hall–Kier alpha value is -2.39. The van der Waals surface area contributed by atoms with Crippen molar-refractivity contribution >= 4 is 0 Å². The van der Waals surface area contributed by atoms with Crippen LogP contribution in [-0.4, -0.2) is 21.9 Å².